The van der Waals surface area contributed by atoms with Gasteiger partial charge < -0.3 is 24.5 Å². The van der Waals surface area contributed by atoms with Gasteiger partial charge >= 0.3 is 0 Å². The molecule has 7 nitrogen and oxygen atoms in total. The van der Waals surface area contributed by atoms with Crippen molar-refractivity contribution >= 4 is 17.5 Å². The summed E-state index contributed by atoms with van der Waals surface area (Å²) in [6, 6.07) is 10.6. The molecule has 4 rings (SSSR count). The van der Waals surface area contributed by atoms with Crippen molar-refractivity contribution in [3.8, 4) is 5.75 Å². The minimum Gasteiger partial charge on any atom is -0.497 e. The molecule has 2 N–H and O–H groups in total. The molecule has 2 aromatic rings. The van der Waals surface area contributed by atoms with Crippen LogP contribution in [-0.2, 0) is 20.9 Å². The van der Waals surface area contributed by atoms with Crippen molar-refractivity contribution in [2.75, 3.05) is 12.4 Å². The summed E-state index contributed by atoms with van der Waals surface area (Å²) in [5.74, 6) is -0.267. The third-order valence-corrected chi connectivity index (χ3v) is 4.88. The average Bonchev–Trinajstić information content (AvgIpc) is 3.43. The number of rotatable bonds is 6. The minimum atomic E-state index is -0.585. The van der Waals surface area contributed by atoms with Crippen LogP contribution in [-0.4, -0.2) is 31.1 Å². The van der Waals surface area contributed by atoms with Gasteiger partial charge in [0.25, 0.3) is 0 Å². The summed E-state index contributed by atoms with van der Waals surface area (Å²) in [6.45, 7) is 0.274. The molecule has 7 heteroatoms. The zero-order valence-electron chi connectivity index (χ0n) is 14.8. The monoisotopic (exact) mass is 368 g/mol. The van der Waals surface area contributed by atoms with Crippen LogP contribution < -0.4 is 15.4 Å². The van der Waals surface area contributed by atoms with Crippen LogP contribution in [0, 0.1) is 11.8 Å². The number of ether oxygens (including phenoxy) is 2. The van der Waals surface area contributed by atoms with Crippen molar-refractivity contribution in [2.45, 2.75) is 18.8 Å². The normalized spacial score (nSPS) is 25.4. The zero-order chi connectivity index (χ0) is 18.8. The molecule has 1 fully saturated rings. The fourth-order valence-corrected chi connectivity index (χ4v) is 3.54. The first-order chi connectivity index (χ1) is 13.2. The summed E-state index contributed by atoms with van der Waals surface area (Å²) in [7, 11) is 1.58. The molecule has 0 unspecified atom stereocenters. The second kappa shape index (κ2) is 7.28. The van der Waals surface area contributed by atoms with Gasteiger partial charge in [-0.05, 0) is 36.4 Å². The fourth-order valence-electron chi connectivity index (χ4n) is 3.54. The van der Waals surface area contributed by atoms with Gasteiger partial charge in [-0.25, -0.2) is 0 Å². The van der Waals surface area contributed by atoms with Gasteiger partial charge in [-0.2, -0.15) is 0 Å². The van der Waals surface area contributed by atoms with Crippen molar-refractivity contribution in [3.05, 3.63) is 60.6 Å². The first-order valence-electron chi connectivity index (χ1n) is 8.74. The topological polar surface area (TPSA) is 89.8 Å². The van der Waals surface area contributed by atoms with E-state index in [1.165, 1.54) is 0 Å². The Bertz CT molecular complexity index is 844. The van der Waals surface area contributed by atoms with E-state index in [1.54, 1.807) is 49.8 Å². The lowest BCUT2D eigenvalue weighted by atomic mass is 9.81. The molecule has 27 heavy (non-hydrogen) atoms. The maximum atomic E-state index is 12.9. The summed E-state index contributed by atoms with van der Waals surface area (Å²) in [4.78, 5) is 25.6. The van der Waals surface area contributed by atoms with Crippen LogP contribution in [0.15, 0.2) is 59.2 Å². The zero-order valence-corrected chi connectivity index (χ0v) is 14.8. The van der Waals surface area contributed by atoms with E-state index in [-0.39, 0.29) is 18.4 Å². The predicted molar refractivity (Wildman–Crippen MR) is 97.0 cm³/mol. The second-order valence-electron chi connectivity index (χ2n) is 6.52. The van der Waals surface area contributed by atoms with Crippen molar-refractivity contribution in [1.82, 2.24) is 5.32 Å². The number of anilines is 1. The number of nitrogens with one attached hydrogen (secondary N) is 2. The van der Waals surface area contributed by atoms with Crippen LogP contribution in [0.5, 0.6) is 5.75 Å². The second-order valence-corrected chi connectivity index (χ2v) is 6.52. The summed E-state index contributed by atoms with van der Waals surface area (Å²) >= 11 is 0. The van der Waals surface area contributed by atoms with Crippen molar-refractivity contribution < 1.29 is 23.5 Å². The van der Waals surface area contributed by atoms with Gasteiger partial charge in [-0.1, -0.05) is 12.2 Å². The van der Waals surface area contributed by atoms with Crippen molar-refractivity contribution in [3.63, 3.8) is 0 Å². The first-order valence-corrected chi connectivity index (χ1v) is 8.74. The van der Waals surface area contributed by atoms with Gasteiger partial charge in [0.2, 0.25) is 11.8 Å². The van der Waals surface area contributed by atoms with Crippen LogP contribution in [0.4, 0.5) is 5.69 Å². The maximum Gasteiger partial charge on any atom is 0.231 e. The molecule has 3 heterocycles. The molecule has 1 aromatic carbocycles. The predicted octanol–water partition coefficient (Wildman–Crippen LogP) is 2.11. The number of fused-ring (bicyclic) bond motifs is 2. The molecule has 0 saturated carbocycles. The smallest absolute Gasteiger partial charge is 0.231 e. The number of amides is 2. The Morgan fingerprint density at radius 3 is 2.37 bits per heavy atom. The largest absolute Gasteiger partial charge is 0.497 e. The Labute approximate surface area is 156 Å². The highest BCUT2D eigenvalue weighted by Crippen LogP contribution is 2.40. The minimum absolute atomic E-state index is 0.224. The van der Waals surface area contributed by atoms with E-state index in [4.69, 9.17) is 13.9 Å². The highest BCUT2D eigenvalue weighted by atomic mass is 16.5. The molecule has 1 saturated heterocycles. The fraction of sp³-hybridized carbons (Fsp3) is 0.300. The molecular weight excluding hydrogens is 348 g/mol. The van der Waals surface area contributed by atoms with Crippen LogP contribution in [0.25, 0.3) is 0 Å². The summed E-state index contributed by atoms with van der Waals surface area (Å²) in [5, 5.41) is 5.70. The quantitative estimate of drug-likeness (QED) is 0.763. The molecule has 0 radical (unpaired) electrons. The molecule has 4 atom stereocenters. The number of methoxy groups -OCH3 is 1. The summed E-state index contributed by atoms with van der Waals surface area (Å²) < 4.78 is 16.1. The van der Waals surface area contributed by atoms with Crippen LogP contribution in [0.2, 0.25) is 0 Å². The van der Waals surface area contributed by atoms with E-state index >= 15 is 0 Å². The molecule has 0 spiro atoms. The van der Waals surface area contributed by atoms with E-state index in [0.29, 0.717) is 17.2 Å². The summed E-state index contributed by atoms with van der Waals surface area (Å²) in [5.41, 5.74) is 0.641. The van der Waals surface area contributed by atoms with Crippen LogP contribution >= 0.6 is 0 Å². The molecule has 2 aliphatic rings. The Hall–Kier alpha value is -3.06. The lowest BCUT2D eigenvalue weighted by Crippen LogP contribution is -2.44. The molecule has 2 bridgehead atoms. The standard InChI is InChI=1S/C20H20N2O5/c1-25-13-6-4-12(5-7-13)22-20(24)18-16-9-8-15(27-16)17(18)19(23)21-11-14-3-2-10-26-14/h2-10,15-18H,11H2,1H3,(H,21,23)(H,22,24)/t15-,16+,17+,18+/m1/s1. The molecule has 0 aliphatic carbocycles. The molecular formula is C20H20N2O5. The Kier molecular flexibility index (Phi) is 4.68. The number of hydrogen-bond acceptors (Lipinski definition) is 5. The van der Waals surface area contributed by atoms with E-state index in [0.717, 1.165) is 0 Å². The van der Waals surface area contributed by atoms with Gasteiger partial charge in [0.05, 0.1) is 44.0 Å². The van der Waals surface area contributed by atoms with Crippen LogP contribution in [0.3, 0.4) is 0 Å². The summed E-state index contributed by atoms with van der Waals surface area (Å²) in [6.07, 6.45) is 4.46. The number of benzene rings is 1. The van der Waals surface area contributed by atoms with E-state index in [1.807, 2.05) is 12.2 Å². The molecule has 2 aliphatic heterocycles. The van der Waals surface area contributed by atoms with E-state index in [9.17, 15) is 9.59 Å². The molecule has 1 aromatic heterocycles. The highest BCUT2D eigenvalue weighted by molar-refractivity contribution is 5.97. The lowest BCUT2D eigenvalue weighted by molar-refractivity contribution is -0.131. The Balaban J connectivity index is 1.45. The molecule has 2 amide bonds. The third kappa shape index (κ3) is 3.46. The number of carbonyl (C=O) groups excluding carboxylic acids is 2. The number of hydrogen-bond donors (Lipinski definition) is 2. The van der Waals surface area contributed by atoms with Gasteiger partial charge in [0, 0.05) is 5.69 Å². The SMILES string of the molecule is COc1ccc(NC(=O)[C@@H]2[C@@H](C(=O)NCc3ccco3)[C@H]3C=C[C@@H]2O3)cc1. The van der Waals surface area contributed by atoms with E-state index < -0.39 is 24.0 Å². The number of furan rings is 1. The Morgan fingerprint density at radius 1 is 1.04 bits per heavy atom. The Morgan fingerprint density at radius 2 is 1.74 bits per heavy atom. The van der Waals surface area contributed by atoms with Crippen molar-refractivity contribution in [1.29, 1.82) is 0 Å². The van der Waals surface area contributed by atoms with E-state index in [2.05, 4.69) is 10.6 Å². The van der Waals surface area contributed by atoms with Gasteiger partial charge in [0.15, 0.2) is 0 Å². The first kappa shape index (κ1) is 17.4. The lowest BCUT2D eigenvalue weighted by Gasteiger charge is -2.23. The third-order valence-electron chi connectivity index (χ3n) is 4.88. The molecule has 140 valence electrons. The highest BCUT2D eigenvalue weighted by Gasteiger charge is 2.52. The van der Waals surface area contributed by atoms with Gasteiger partial charge in [0.1, 0.15) is 11.5 Å². The average molecular weight is 368 g/mol. The van der Waals surface area contributed by atoms with Gasteiger partial charge in [-0.3, -0.25) is 9.59 Å². The maximum absolute atomic E-state index is 12.9. The van der Waals surface area contributed by atoms with Gasteiger partial charge in [-0.15, -0.1) is 0 Å². The number of carbonyl (C=O) groups is 2. The van der Waals surface area contributed by atoms with Crippen LogP contribution in [0.1, 0.15) is 5.76 Å². The van der Waals surface area contributed by atoms with Crippen molar-refractivity contribution in [2.24, 2.45) is 11.8 Å².